The number of hydrogen-bond donors (Lipinski definition) is 1. The van der Waals surface area contributed by atoms with E-state index in [2.05, 4.69) is 0 Å². The summed E-state index contributed by atoms with van der Waals surface area (Å²) < 4.78 is 5.83. The molecule has 0 bridgehead atoms. The fourth-order valence-electron chi connectivity index (χ4n) is 3.70. The molecule has 2 aromatic rings. The number of amides is 1. The van der Waals surface area contributed by atoms with Gasteiger partial charge in [0.25, 0.3) is 11.6 Å². The molecule has 0 radical (unpaired) electrons. The smallest absolute Gasteiger partial charge is 0.273 e. The second-order valence-corrected chi connectivity index (χ2v) is 7.16. The van der Waals surface area contributed by atoms with Crippen LogP contribution in [0.5, 0.6) is 5.75 Å². The van der Waals surface area contributed by atoms with Crippen LogP contribution in [0, 0.1) is 10.1 Å². The first kappa shape index (κ1) is 16.5. The predicted molar refractivity (Wildman–Crippen MR) is 92.9 cm³/mol. The van der Waals surface area contributed by atoms with E-state index in [-0.39, 0.29) is 11.6 Å². The number of aliphatic hydroxyl groups is 1. The van der Waals surface area contributed by atoms with Gasteiger partial charge >= 0.3 is 0 Å². The standard InChI is InChI=1S/C19H18N2O5/c1-19(2)17(22)16(14-8-7-12(21(24)25)9-15(14)26-19)20-10-11-5-3-4-6-13(11)18(20)23/h3-9,16-17,22H,10H2,1-2H3/t16-,17+/m1/s1. The van der Waals surface area contributed by atoms with E-state index in [0.717, 1.165) is 5.56 Å². The van der Waals surface area contributed by atoms with Crippen molar-refractivity contribution in [3.63, 3.8) is 0 Å². The number of rotatable bonds is 2. The maximum atomic E-state index is 12.9. The molecule has 2 atom stereocenters. The quantitative estimate of drug-likeness (QED) is 0.661. The summed E-state index contributed by atoms with van der Waals surface area (Å²) >= 11 is 0. The van der Waals surface area contributed by atoms with Gasteiger partial charge in [-0.15, -0.1) is 0 Å². The zero-order valence-electron chi connectivity index (χ0n) is 14.4. The number of carbonyl (C=O) groups is 1. The van der Waals surface area contributed by atoms with Crippen LogP contribution in [0.1, 0.15) is 41.4 Å². The van der Waals surface area contributed by atoms with Crippen LogP contribution in [0.15, 0.2) is 42.5 Å². The predicted octanol–water partition coefficient (Wildman–Crippen LogP) is 2.82. The highest BCUT2D eigenvalue weighted by molar-refractivity contribution is 5.98. The number of fused-ring (bicyclic) bond motifs is 2. The second-order valence-electron chi connectivity index (χ2n) is 7.16. The van der Waals surface area contributed by atoms with Crippen molar-refractivity contribution in [1.82, 2.24) is 4.90 Å². The topological polar surface area (TPSA) is 92.9 Å². The molecule has 2 aliphatic rings. The SMILES string of the molecule is CC1(C)Oc2cc([N+](=O)[O-])ccc2[C@@H](N2Cc3ccccc3C2=O)[C@@H]1O. The van der Waals surface area contributed by atoms with Gasteiger partial charge < -0.3 is 14.7 Å². The molecule has 0 spiro atoms. The first-order chi connectivity index (χ1) is 12.3. The number of non-ortho nitro benzene ring substituents is 1. The summed E-state index contributed by atoms with van der Waals surface area (Å²) in [6.45, 7) is 3.80. The lowest BCUT2D eigenvalue weighted by Crippen LogP contribution is -2.53. The van der Waals surface area contributed by atoms with E-state index in [4.69, 9.17) is 4.74 Å². The molecule has 0 aromatic heterocycles. The average molecular weight is 354 g/mol. The molecule has 0 saturated heterocycles. The molecule has 7 nitrogen and oxygen atoms in total. The van der Waals surface area contributed by atoms with Crippen LogP contribution in [-0.4, -0.2) is 32.5 Å². The van der Waals surface area contributed by atoms with Crippen molar-refractivity contribution in [2.75, 3.05) is 0 Å². The van der Waals surface area contributed by atoms with Crippen molar-refractivity contribution in [3.05, 3.63) is 69.3 Å². The Bertz CT molecular complexity index is 924. The number of nitro groups is 1. The lowest BCUT2D eigenvalue weighted by Gasteiger charge is -2.45. The van der Waals surface area contributed by atoms with Crippen molar-refractivity contribution >= 4 is 11.6 Å². The fraction of sp³-hybridized carbons (Fsp3) is 0.316. The maximum Gasteiger partial charge on any atom is 0.273 e. The molecule has 4 rings (SSSR count). The largest absolute Gasteiger partial charge is 0.484 e. The summed E-state index contributed by atoms with van der Waals surface area (Å²) in [7, 11) is 0. The van der Waals surface area contributed by atoms with Gasteiger partial charge in [-0.2, -0.15) is 0 Å². The van der Waals surface area contributed by atoms with Gasteiger partial charge in [0.2, 0.25) is 0 Å². The lowest BCUT2D eigenvalue weighted by atomic mass is 9.85. The van der Waals surface area contributed by atoms with Crippen LogP contribution in [0.3, 0.4) is 0 Å². The molecule has 2 aliphatic heterocycles. The zero-order chi connectivity index (χ0) is 18.6. The summed E-state index contributed by atoms with van der Waals surface area (Å²) in [6, 6.07) is 11.0. The Morgan fingerprint density at radius 1 is 1.27 bits per heavy atom. The molecule has 7 heteroatoms. The number of carbonyl (C=O) groups excluding carboxylic acids is 1. The molecular weight excluding hydrogens is 336 g/mol. The van der Waals surface area contributed by atoms with Gasteiger partial charge in [0.1, 0.15) is 17.5 Å². The minimum atomic E-state index is -0.998. The average Bonchev–Trinajstić information content (AvgIpc) is 2.92. The summed E-state index contributed by atoms with van der Waals surface area (Å²) in [5.74, 6) is 0.162. The van der Waals surface area contributed by atoms with E-state index < -0.39 is 22.7 Å². The third-order valence-electron chi connectivity index (χ3n) is 5.10. The van der Waals surface area contributed by atoms with Crippen LogP contribution in [0.25, 0.3) is 0 Å². The van der Waals surface area contributed by atoms with Gasteiger partial charge in [-0.25, -0.2) is 0 Å². The number of ether oxygens (including phenoxy) is 1. The first-order valence-electron chi connectivity index (χ1n) is 8.34. The Labute approximate surface area is 150 Å². The van der Waals surface area contributed by atoms with Gasteiger partial charge in [0.15, 0.2) is 0 Å². The normalized spacial score (nSPS) is 23.2. The summed E-state index contributed by atoms with van der Waals surface area (Å²) in [5, 5.41) is 22.0. The Balaban J connectivity index is 1.82. The van der Waals surface area contributed by atoms with E-state index in [0.29, 0.717) is 23.4 Å². The molecule has 2 aromatic carbocycles. The molecule has 1 amide bonds. The Kier molecular flexibility index (Phi) is 3.52. The van der Waals surface area contributed by atoms with Crippen LogP contribution in [-0.2, 0) is 6.54 Å². The molecule has 0 fully saturated rings. The fourth-order valence-corrected chi connectivity index (χ4v) is 3.70. The van der Waals surface area contributed by atoms with E-state index in [9.17, 15) is 20.0 Å². The van der Waals surface area contributed by atoms with Crippen molar-refractivity contribution in [2.45, 2.75) is 38.1 Å². The highest BCUT2D eigenvalue weighted by atomic mass is 16.6. The van der Waals surface area contributed by atoms with Crippen LogP contribution >= 0.6 is 0 Å². The lowest BCUT2D eigenvalue weighted by molar-refractivity contribution is -0.385. The van der Waals surface area contributed by atoms with Crippen molar-refractivity contribution in [3.8, 4) is 5.75 Å². The molecule has 1 N–H and O–H groups in total. The van der Waals surface area contributed by atoms with E-state index in [1.165, 1.54) is 12.1 Å². The summed E-state index contributed by atoms with van der Waals surface area (Å²) in [5.41, 5.74) is 1.00. The van der Waals surface area contributed by atoms with Crippen molar-refractivity contribution in [2.24, 2.45) is 0 Å². The zero-order valence-corrected chi connectivity index (χ0v) is 14.4. The number of aliphatic hydroxyl groups excluding tert-OH is 1. The molecule has 2 heterocycles. The highest BCUT2D eigenvalue weighted by Crippen LogP contribution is 2.46. The minimum Gasteiger partial charge on any atom is -0.484 e. The number of benzene rings is 2. The number of nitro benzene ring substituents is 1. The van der Waals surface area contributed by atoms with Crippen molar-refractivity contribution < 1.29 is 19.6 Å². The molecule has 0 aliphatic carbocycles. The van der Waals surface area contributed by atoms with Gasteiger partial charge in [-0.05, 0) is 31.5 Å². The number of nitrogens with zero attached hydrogens (tertiary/aromatic N) is 2. The molecule has 26 heavy (non-hydrogen) atoms. The molecular formula is C19H18N2O5. The summed E-state index contributed by atoms with van der Waals surface area (Å²) in [6.07, 6.45) is -0.977. The second kappa shape index (κ2) is 5.54. The Morgan fingerprint density at radius 3 is 2.69 bits per heavy atom. The van der Waals surface area contributed by atoms with E-state index in [1.807, 2.05) is 18.2 Å². The van der Waals surface area contributed by atoms with Crippen LogP contribution < -0.4 is 4.74 Å². The van der Waals surface area contributed by atoms with E-state index in [1.54, 1.807) is 30.9 Å². The maximum absolute atomic E-state index is 12.9. The Hall–Kier alpha value is -2.93. The Morgan fingerprint density at radius 2 is 2.00 bits per heavy atom. The molecule has 0 saturated carbocycles. The monoisotopic (exact) mass is 354 g/mol. The minimum absolute atomic E-state index is 0.0919. The third-order valence-corrected chi connectivity index (χ3v) is 5.10. The third kappa shape index (κ3) is 2.35. The van der Waals surface area contributed by atoms with Gasteiger partial charge in [-0.3, -0.25) is 14.9 Å². The first-order valence-corrected chi connectivity index (χ1v) is 8.34. The molecule has 0 unspecified atom stereocenters. The van der Waals surface area contributed by atoms with Crippen LogP contribution in [0.4, 0.5) is 5.69 Å². The van der Waals surface area contributed by atoms with Gasteiger partial charge in [0, 0.05) is 23.7 Å². The highest BCUT2D eigenvalue weighted by Gasteiger charge is 2.48. The van der Waals surface area contributed by atoms with Crippen molar-refractivity contribution in [1.29, 1.82) is 0 Å². The van der Waals surface area contributed by atoms with Gasteiger partial charge in [-0.1, -0.05) is 18.2 Å². The number of hydrogen-bond acceptors (Lipinski definition) is 5. The molecule has 134 valence electrons. The van der Waals surface area contributed by atoms with E-state index >= 15 is 0 Å². The van der Waals surface area contributed by atoms with Crippen LogP contribution in [0.2, 0.25) is 0 Å². The van der Waals surface area contributed by atoms with Gasteiger partial charge in [0.05, 0.1) is 17.0 Å². The summed E-state index contributed by atoms with van der Waals surface area (Å²) in [4.78, 5) is 25.1.